The molecule has 3 aromatic carbocycles. The van der Waals surface area contributed by atoms with Crippen LogP contribution in [0.2, 0.25) is 0 Å². The molecule has 5 rings (SSSR count). The summed E-state index contributed by atoms with van der Waals surface area (Å²) in [5.41, 5.74) is 4.53. The maximum atomic E-state index is 13.9. The lowest BCUT2D eigenvalue weighted by molar-refractivity contribution is -0.134. The number of hydrogen-bond donors (Lipinski definition) is 0. The quantitative estimate of drug-likeness (QED) is 0.380. The van der Waals surface area contributed by atoms with Crippen LogP contribution in [-0.2, 0) is 17.8 Å². The van der Waals surface area contributed by atoms with E-state index in [0.29, 0.717) is 30.9 Å². The van der Waals surface area contributed by atoms with Crippen molar-refractivity contribution in [2.75, 3.05) is 6.54 Å². The van der Waals surface area contributed by atoms with Crippen molar-refractivity contribution in [3.63, 3.8) is 0 Å². The molecule has 1 unspecified atom stereocenters. The van der Waals surface area contributed by atoms with Crippen molar-refractivity contribution in [1.82, 2.24) is 14.5 Å². The van der Waals surface area contributed by atoms with E-state index in [1.807, 2.05) is 90.0 Å². The summed E-state index contributed by atoms with van der Waals surface area (Å²) in [5.74, 6) is 0.569. The molecule has 0 saturated heterocycles. The Morgan fingerprint density at radius 1 is 0.861 bits per heavy atom. The van der Waals surface area contributed by atoms with Crippen molar-refractivity contribution in [2.45, 2.75) is 45.2 Å². The monoisotopic (exact) mass is 477 g/mol. The van der Waals surface area contributed by atoms with E-state index in [1.165, 1.54) is 0 Å². The number of amides is 1. The predicted octanol–water partition coefficient (Wildman–Crippen LogP) is 5.27. The van der Waals surface area contributed by atoms with Crippen LogP contribution in [0.15, 0.2) is 95.8 Å². The number of carbonyl (C=O) groups is 1. The van der Waals surface area contributed by atoms with Crippen LogP contribution < -0.4 is 5.56 Å². The molecule has 1 atom stereocenters. The lowest BCUT2D eigenvalue weighted by atomic mass is 9.93. The van der Waals surface area contributed by atoms with Gasteiger partial charge >= 0.3 is 0 Å². The second kappa shape index (κ2) is 10.3. The van der Waals surface area contributed by atoms with Crippen LogP contribution in [0, 0.1) is 6.92 Å². The first-order valence-electron chi connectivity index (χ1n) is 12.6. The fourth-order valence-corrected chi connectivity index (χ4v) is 5.33. The summed E-state index contributed by atoms with van der Waals surface area (Å²) in [6, 6.07) is 29.8. The molecule has 0 bridgehead atoms. The SMILES string of the molecule is CCC(C(=O)N1CCc2c(nc(C)n(C(c3ccccc3)c3ccccc3)c2=O)C1)c1ccccc1. The molecule has 2 heterocycles. The molecule has 5 nitrogen and oxygen atoms in total. The van der Waals surface area contributed by atoms with E-state index in [-0.39, 0.29) is 23.4 Å². The summed E-state index contributed by atoms with van der Waals surface area (Å²) in [4.78, 5) is 34.2. The van der Waals surface area contributed by atoms with Crippen molar-refractivity contribution in [3.05, 3.63) is 135 Å². The molecule has 1 amide bonds. The fraction of sp³-hybridized carbons (Fsp3) is 0.258. The summed E-state index contributed by atoms with van der Waals surface area (Å²) in [5, 5.41) is 0. The van der Waals surface area contributed by atoms with Gasteiger partial charge in [-0.05, 0) is 36.5 Å². The highest BCUT2D eigenvalue weighted by atomic mass is 16.2. The largest absolute Gasteiger partial charge is 0.336 e. The minimum absolute atomic E-state index is 0.0163. The van der Waals surface area contributed by atoms with E-state index in [2.05, 4.69) is 24.3 Å². The number of fused-ring (bicyclic) bond motifs is 1. The number of hydrogen-bond acceptors (Lipinski definition) is 3. The molecule has 0 aliphatic carbocycles. The maximum absolute atomic E-state index is 13.9. The molecule has 0 N–H and O–H groups in total. The van der Waals surface area contributed by atoms with E-state index >= 15 is 0 Å². The highest BCUT2D eigenvalue weighted by Crippen LogP contribution is 2.29. The summed E-state index contributed by atoms with van der Waals surface area (Å²) in [6.45, 7) is 4.83. The second-order valence-electron chi connectivity index (χ2n) is 9.36. The molecular formula is C31H31N3O2. The minimum atomic E-state index is -0.264. The van der Waals surface area contributed by atoms with Gasteiger partial charge in [-0.1, -0.05) is 97.9 Å². The van der Waals surface area contributed by atoms with Crippen LogP contribution in [0.25, 0.3) is 0 Å². The summed E-state index contributed by atoms with van der Waals surface area (Å²) in [6.07, 6.45) is 1.24. The molecule has 0 saturated carbocycles. The van der Waals surface area contributed by atoms with E-state index in [0.717, 1.165) is 28.8 Å². The van der Waals surface area contributed by atoms with Crippen LogP contribution in [0.1, 0.15) is 59.1 Å². The van der Waals surface area contributed by atoms with Crippen molar-refractivity contribution in [3.8, 4) is 0 Å². The molecule has 1 aliphatic rings. The van der Waals surface area contributed by atoms with Crippen molar-refractivity contribution in [1.29, 1.82) is 0 Å². The van der Waals surface area contributed by atoms with E-state index in [9.17, 15) is 9.59 Å². The summed E-state index contributed by atoms with van der Waals surface area (Å²) >= 11 is 0. The molecule has 0 radical (unpaired) electrons. The zero-order valence-electron chi connectivity index (χ0n) is 20.8. The van der Waals surface area contributed by atoms with Crippen molar-refractivity contribution in [2.24, 2.45) is 0 Å². The Balaban J connectivity index is 1.51. The van der Waals surface area contributed by atoms with Crippen LogP contribution in [0.3, 0.4) is 0 Å². The molecule has 0 fully saturated rings. The first-order chi connectivity index (χ1) is 17.6. The Morgan fingerprint density at radius 2 is 1.39 bits per heavy atom. The lowest BCUT2D eigenvalue weighted by Crippen LogP contribution is -2.43. The van der Waals surface area contributed by atoms with Gasteiger partial charge in [0.05, 0.1) is 24.2 Å². The number of aromatic nitrogens is 2. The molecule has 1 aromatic heterocycles. The van der Waals surface area contributed by atoms with Crippen molar-refractivity contribution >= 4 is 5.91 Å². The third-order valence-corrected chi connectivity index (χ3v) is 7.15. The van der Waals surface area contributed by atoms with Crippen LogP contribution >= 0.6 is 0 Å². The standard InChI is InChI=1S/C31H31N3O2/c1-3-26(23-13-7-4-8-14-23)30(35)33-20-19-27-28(21-33)32-22(2)34(31(27)36)29(24-15-9-5-10-16-24)25-17-11-6-12-18-25/h4-18,26,29H,3,19-21H2,1-2H3. The number of rotatable bonds is 6. The molecule has 4 aromatic rings. The zero-order chi connectivity index (χ0) is 25.1. The smallest absolute Gasteiger partial charge is 0.257 e. The Bertz CT molecular complexity index is 1360. The fourth-order valence-electron chi connectivity index (χ4n) is 5.33. The first kappa shape index (κ1) is 23.7. The number of nitrogens with zero attached hydrogens (tertiary/aromatic N) is 3. The average Bonchev–Trinajstić information content (AvgIpc) is 2.92. The van der Waals surface area contributed by atoms with Crippen LogP contribution in [0.4, 0.5) is 0 Å². The third kappa shape index (κ3) is 4.49. The Labute approximate surface area is 212 Å². The van der Waals surface area contributed by atoms with Gasteiger partial charge in [0, 0.05) is 12.1 Å². The summed E-state index contributed by atoms with van der Waals surface area (Å²) < 4.78 is 1.82. The van der Waals surface area contributed by atoms with Gasteiger partial charge in [-0.15, -0.1) is 0 Å². The Hall–Kier alpha value is -3.99. The molecule has 36 heavy (non-hydrogen) atoms. The first-order valence-corrected chi connectivity index (χ1v) is 12.6. The maximum Gasteiger partial charge on any atom is 0.257 e. The molecule has 1 aliphatic heterocycles. The Morgan fingerprint density at radius 3 is 1.92 bits per heavy atom. The summed E-state index contributed by atoms with van der Waals surface area (Å²) in [7, 11) is 0. The normalized spacial score (nSPS) is 13.9. The molecule has 5 heteroatoms. The van der Waals surface area contributed by atoms with Crippen molar-refractivity contribution < 1.29 is 4.79 Å². The molecule has 0 spiro atoms. The van der Waals surface area contributed by atoms with Gasteiger partial charge in [-0.25, -0.2) is 4.98 Å². The predicted molar refractivity (Wildman–Crippen MR) is 142 cm³/mol. The highest BCUT2D eigenvalue weighted by Gasteiger charge is 2.31. The topological polar surface area (TPSA) is 55.2 Å². The molecule has 182 valence electrons. The van der Waals surface area contributed by atoms with Crippen LogP contribution in [-0.4, -0.2) is 26.9 Å². The molecular weight excluding hydrogens is 446 g/mol. The van der Waals surface area contributed by atoms with Gasteiger partial charge < -0.3 is 4.90 Å². The van der Waals surface area contributed by atoms with Gasteiger partial charge in [-0.2, -0.15) is 0 Å². The van der Waals surface area contributed by atoms with Gasteiger partial charge in [0.15, 0.2) is 0 Å². The number of carbonyl (C=O) groups excluding carboxylic acids is 1. The number of benzene rings is 3. The lowest BCUT2D eigenvalue weighted by Gasteiger charge is -2.32. The van der Waals surface area contributed by atoms with Gasteiger partial charge in [0.1, 0.15) is 5.82 Å². The van der Waals surface area contributed by atoms with E-state index in [4.69, 9.17) is 4.98 Å². The van der Waals surface area contributed by atoms with Gasteiger partial charge in [0.25, 0.3) is 5.56 Å². The van der Waals surface area contributed by atoms with Crippen LogP contribution in [0.5, 0.6) is 0 Å². The Kier molecular flexibility index (Phi) is 6.81. The van der Waals surface area contributed by atoms with E-state index < -0.39 is 0 Å². The number of aryl methyl sites for hydroxylation is 1. The third-order valence-electron chi connectivity index (χ3n) is 7.15. The minimum Gasteiger partial charge on any atom is -0.336 e. The zero-order valence-corrected chi connectivity index (χ0v) is 20.8. The van der Waals surface area contributed by atoms with E-state index in [1.54, 1.807) is 0 Å². The van der Waals surface area contributed by atoms with Gasteiger partial charge in [0.2, 0.25) is 5.91 Å². The highest BCUT2D eigenvalue weighted by molar-refractivity contribution is 5.84. The average molecular weight is 478 g/mol. The second-order valence-corrected chi connectivity index (χ2v) is 9.36. The van der Waals surface area contributed by atoms with Gasteiger partial charge in [-0.3, -0.25) is 14.2 Å².